The Morgan fingerprint density at radius 2 is 1.92 bits per heavy atom. The first-order valence-electron chi connectivity index (χ1n) is 13.9. The van der Waals surface area contributed by atoms with E-state index >= 15 is 0 Å². The number of carbonyl (C=O) groups is 1. The fourth-order valence-electron chi connectivity index (χ4n) is 5.31. The maximum atomic E-state index is 12.6. The minimum absolute atomic E-state index is 0.165. The lowest BCUT2D eigenvalue weighted by Gasteiger charge is -2.30. The van der Waals surface area contributed by atoms with E-state index in [1.807, 2.05) is 12.1 Å². The van der Waals surface area contributed by atoms with Gasteiger partial charge in [0, 0.05) is 24.0 Å². The van der Waals surface area contributed by atoms with Gasteiger partial charge in [-0.2, -0.15) is 5.26 Å². The molecule has 3 heterocycles. The van der Waals surface area contributed by atoms with E-state index in [1.54, 1.807) is 7.11 Å². The van der Waals surface area contributed by atoms with Crippen molar-refractivity contribution in [2.45, 2.75) is 57.5 Å². The molecular weight excluding hydrogens is 482 g/mol. The number of likely N-dealkylation sites (tertiary alicyclic amines) is 2. The number of rotatable bonds is 11. The number of nitriles is 1. The summed E-state index contributed by atoms with van der Waals surface area (Å²) in [6.45, 7) is 6.21. The summed E-state index contributed by atoms with van der Waals surface area (Å²) in [6, 6.07) is 6.30. The number of ether oxygens (including phenoxy) is 2. The molecule has 0 spiro atoms. The third-order valence-corrected chi connectivity index (χ3v) is 7.97. The Hall–Kier alpha value is -3.16. The molecule has 1 aliphatic carbocycles. The summed E-state index contributed by atoms with van der Waals surface area (Å²) in [7, 11) is 3.79. The number of fused-ring (bicyclic) bond motifs is 1. The molecule has 0 radical (unpaired) electrons. The first-order valence-corrected chi connectivity index (χ1v) is 13.9. The van der Waals surface area contributed by atoms with Crippen molar-refractivity contribution in [3.63, 3.8) is 0 Å². The minimum atomic E-state index is -0.879. The van der Waals surface area contributed by atoms with E-state index in [9.17, 15) is 10.1 Å². The predicted octanol–water partition coefficient (Wildman–Crippen LogP) is 2.93. The van der Waals surface area contributed by atoms with Gasteiger partial charge < -0.3 is 29.9 Å². The van der Waals surface area contributed by atoms with Gasteiger partial charge in [-0.1, -0.05) is 0 Å². The van der Waals surface area contributed by atoms with Gasteiger partial charge in [-0.15, -0.1) is 0 Å². The molecule has 1 aromatic heterocycles. The van der Waals surface area contributed by atoms with Gasteiger partial charge in [-0.25, -0.2) is 9.97 Å². The highest BCUT2D eigenvalue weighted by molar-refractivity contribution is 5.92. The highest BCUT2D eigenvalue weighted by Crippen LogP contribution is 2.45. The number of hydrogen-bond donors (Lipinski definition) is 2. The molecule has 0 unspecified atom stereocenters. The number of piperidine rings is 1. The Labute approximate surface area is 224 Å². The Balaban J connectivity index is 1.36. The van der Waals surface area contributed by atoms with Crippen LogP contribution in [0, 0.1) is 16.7 Å². The molecule has 2 aliphatic heterocycles. The van der Waals surface area contributed by atoms with E-state index in [2.05, 4.69) is 33.6 Å². The van der Waals surface area contributed by atoms with Crippen molar-refractivity contribution in [1.29, 1.82) is 5.26 Å². The Bertz CT molecular complexity index is 1180. The lowest BCUT2D eigenvalue weighted by Crippen LogP contribution is -2.37. The van der Waals surface area contributed by atoms with E-state index < -0.39 is 5.41 Å². The van der Waals surface area contributed by atoms with Crippen molar-refractivity contribution in [3.8, 4) is 17.6 Å². The third-order valence-electron chi connectivity index (χ3n) is 7.97. The molecular formula is C28H39N7O3. The predicted molar refractivity (Wildman–Crippen MR) is 145 cm³/mol. The molecule has 38 heavy (non-hydrogen) atoms. The van der Waals surface area contributed by atoms with Gasteiger partial charge in [-0.05, 0) is 84.2 Å². The Morgan fingerprint density at radius 1 is 1.16 bits per heavy atom. The van der Waals surface area contributed by atoms with Crippen LogP contribution in [0.4, 0.5) is 5.82 Å². The van der Waals surface area contributed by atoms with E-state index in [0.29, 0.717) is 42.8 Å². The lowest BCUT2D eigenvalue weighted by atomic mass is 10.1. The van der Waals surface area contributed by atoms with Crippen molar-refractivity contribution in [1.82, 2.24) is 25.1 Å². The average molecular weight is 522 g/mol. The molecule has 1 saturated carbocycles. The second kappa shape index (κ2) is 11.7. The number of anilines is 1. The lowest BCUT2D eigenvalue weighted by molar-refractivity contribution is -0.124. The second-order valence-corrected chi connectivity index (χ2v) is 10.9. The average Bonchev–Trinajstić information content (AvgIpc) is 3.57. The zero-order chi connectivity index (χ0) is 26.5. The van der Waals surface area contributed by atoms with Crippen LogP contribution in [-0.4, -0.2) is 85.2 Å². The molecule has 2 aromatic rings. The highest BCUT2D eigenvalue weighted by Gasteiger charge is 2.50. The molecule has 204 valence electrons. The van der Waals surface area contributed by atoms with Crippen LogP contribution >= 0.6 is 0 Å². The summed E-state index contributed by atoms with van der Waals surface area (Å²) in [4.78, 5) is 26.9. The van der Waals surface area contributed by atoms with E-state index in [-0.39, 0.29) is 12.5 Å². The zero-order valence-corrected chi connectivity index (χ0v) is 22.6. The van der Waals surface area contributed by atoms with Crippen LogP contribution in [0.3, 0.4) is 0 Å². The number of aromatic nitrogens is 2. The van der Waals surface area contributed by atoms with Crippen LogP contribution in [0.5, 0.6) is 11.5 Å². The first-order chi connectivity index (χ1) is 18.5. The van der Waals surface area contributed by atoms with Gasteiger partial charge in [0.05, 0.1) is 31.8 Å². The normalized spacial score (nSPS) is 19.7. The van der Waals surface area contributed by atoms with E-state index in [4.69, 9.17) is 19.4 Å². The fraction of sp³-hybridized carbons (Fsp3) is 0.643. The molecule has 5 rings (SSSR count). The van der Waals surface area contributed by atoms with Crippen LogP contribution in [0.15, 0.2) is 12.1 Å². The van der Waals surface area contributed by atoms with Crippen LogP contribution in [0.2, 0.25) is 0 Å². The second-order valence-electron chi connectivity index (χ2n) is 10.9. The molecule has 10 nitrogen and oxygen atoms in total. The van der Waals surface area contributed by atoms with Crippen molar-refractivity contribution >= 4 is 22.6 Å². The molecule has 2 saturated heterocycles. The quantitative estimate of drug-likeness (QED) is 0.431. The summed E-state index contributed by atoms with van der Waals surface area (Å²) in [5.74, 6) is 2.29. The summed E-state index contributed by atoms with van der Waals surface area (Å²) >= 11 is 0. The summed E-state index contributed by atoms with van der Waals surface area (Å²) in [5.41, 5.74) is -0.147. The van der Waals surface area contributed by atoms with Gasteiger partial charge >= 0.3 is 0 Å². The summed E-state index contributed by atoms with van der Waals surface area (Å²) < 4.78 is 11.9. The number of hydrogen-bond acceptors (Lipinski definition) is 9. The first kappa shape index (κ1) is 26.4. The molecule has 1 aromatic carbocycles. The minimum Gasteiger partial charge on any atom is -0.493 e. The number of nitrogens with one attached hydrogen (secondary N) is 2. The Morgan fingerprint density at radius 3 is 2.61 bits per heavy atom. The summed E-state index contributed by atoms with van der Waals surface area (Å²) in [5, 5.41) is 16.7. The molecule has 1 amide bonds. The molecule has 0 bridgehead atoms. The topological polar surface area (TPSA) is 116 Å². The van der Waals surface area contributed by atoms with E-state index in [0.717, 1.165) is 55.6 Å². The Kier molecular flexibility index (Phi) is 8.15. The summed E-state index contributed by atoms with van der Waals surface area (Å²) in [6.07, 6.45) is 6.78. The number of amides is 1. The molecule has 3 aliphatic rings. The number of nitrogens with zero attached hydrogens (tertiary/aromatic N) is 5. The number of carbonyl (C=O) groups excluding carboxylic acids is 1. The monoisotopic (exact) mass is 521 g/mol. The number of benzene rings is 1. The van der Waals surface area contributed by atoms with Crippen LogP contribution in [0.1, 0.15) is 50.8 Å². The molecule has 0 atom stereocenters. The molecule has 2 N–H and O–H groups in total. The van der Waals surface area contributed by atoms with Crippen molar-refractivity contribution in [2.24, 2.45) is 5.41 Å². The van der Waals surface area contributed by atoms with Crippen LogP contribution < -0.4 is 20.1 Å². The largest absolute Gasteiger partial charge is 0.493 e. The molecule has 3 fully saturated rings. The van der Waals surface area contributed by atoms with Crippen molar-refractivity contribution in [2.75, 3.05) is 58.8 Å². The maximum Gasteiger partial charge on any atom is 0.240 e. The van der Waals surface area contributed by atoms with Crippen molar-refractivity contribution < 1.29 is 14.3 Å². The van der Waals surface area contributed by atoms with Gasteiger partial charge in [-0.3, -0.25) is 4.79 Å². The van der Waals surface area contributed by atoms with Gasteiger partial charge in [0.15, 0.2) is 17.3 Å². The van der Waals surface area contributed by atoms with Crippen LogP contribution in [0.25, 0.3) is 10.9 Å². The maximum absolute atomic E-state index is 12.6. The van der Waals surface area contributed by atoms with Gasteiger partial charge in [0.25, 0.3) is 0 Å². The smallest absolute Gasteiger partial charge is 0.240 e. The highest BCUT2D eigenvalue weighted by atomic mass is 16.5. The molecule has 10 heteroatoms. The van der Waals surface area contributed by atoms with Gasteiger partial charge in [0.1, 0.15) is 11.2 Å². The van der Waals surface area contributed by atoms with E-state index in [1.165, 1.54) is 25.9 Å². The van der Waals surface area contributed by atoms with Crippen molar-refractivity contribution in [3.05, 3.63) is 18.0 Å². The fourth-order valence-corrected chi connectivity index (χ4v) is 5.31. The zero-order valence-electron chi connectivity index (χ0n) is 22.6. The third kappa shape index (κ3) is 6.11. The standard InChI is InChI=1S/C28H39N7O3/c1-34-13-6-20(7-14-34)31-26-21-16-23(37-2)24(38-15-5-12-35-10-3-4-11-35)17-22(21)32-25(33-26)18-30-27(36)28(19-29)8-9-28/h16-17,20H,3-15,18H2,1-2H3,(H,30,36)(H,31,32,33). The van der Waals surface area contributed by atoms with Gasteiger partial charge in [0.2, 0.25) is 5.91 Å². The van der Waals surface area contributed by atoms with Crippen LogP contribution in [-0.2, 0) is 11.3 Å². The number of methoxy groups -OCH3 is 1. The SMILES string of the molecule is COc1cc2c(NC3CCN(C)CC3)nc(CNC(=O)C3(C#N)CC3)nc2cc1OCCCN1CCCC1.